The maximum absolute atomic E-state index is 9.75. The molecule has 1 heteroatoms. The lowest BCUT2D eigenvalue weighted by atomic mass is 9.77. The van der Waals surface area contributed by atoms with Gasteiger partial charge >= 0.3 is 0 Å². The van der Waals surface area contributed by atoms with Crippen molar-refractivity contribution in [3.63, 3.8) is 0 Å². The fourth-order valence-electron chi connectivity index (χ4n) is 4.67. The van der Waals surface area contributed by atoms with E-state index in [2.05, 4.69) is 42.5 Å². The second kappa shape index (κ2) is 3.48. The van der Waals surface area contributed by atoms with Gasteiger partial charge in [0.25, 0.3) is 0 Å². The van der Waals surface area contributed by atoms with Crippen LogP contribution in [0.15, 0.2) is 42.5 Å². The zero-order valence-corrected chi connectivity index (χ0v) is 10.4. The standard InChI is InChI=1S/C17H17N/c18-11-17(14-4-2-1-3-5-14)9-15-12-6-7-13(8-12)16(15)10-17/h1-7,12-13,15-16H,8-10H2/t12-,13+,15-,16-,17?/m0/s1. The fourth-order valence-corrected chi connectivity index (χ4v) is 4.67. The number of benzene rings is 1. The quantitative estimate of drug-likeness (QED) is 0.681. The van der Waals surface area contributed by atoms with Gasteiger partial charge in [0.1, 0.15) is 0 Å². The first-order valence-corrected chi connectivity index (χ1v) is 6.97. The third-order valence-corrected chi connectivity index (χ3v) is 5.51. The molecule has 0 N–H and O–H groups in total. The molecule has 0 spiro atoms. The van der Waals surface area contributed by atoms with Crippen LogP contribution in [0.5, 0.6) is 0 Å². The van der Waals surface area contributed by atoms with Gasteiger partial charge in [0.15, 0.2) is 0 Å². The van der Waals surface area contributed by atoms with Gasteiger partial charge in [-0.15, -0.1) is 0 Å². The molecule has 3 aliphatic carbocycles. The Kier molecular flexibility index (Phi) is 2.01. The molecule has 0 amide bonds. The zero-order valence-electron chi connectivity index (χ0n) is 10.4. The summed E-state index contributed by atoms with van der Waals surface area (Å²) in [6.07, 6.45) is 8.31. The molecule has 1 nitrogen and oxygen atoms in total. The van der Waals surface area contributed by atoms with Crippen molar-refractivity contribution in [3.8, 4) is 6.07 Å². The number of hydrogen-bond acceptors (Lipinski definition) is 1. The maximum Gasteiger partial charge on any atom is 0.0828 e. The SMILES string of the molecule is N#CC1(c2ccccc2)C[C@@H]2[C@@H](C1)[C@H]1C=C[C@@H]2C1. The van der Waals surface area contributed by atoms with E-state index in [1.807, 2.05) is 6.07 Å². The van der Waals surface area contributed by atoms with Crippen molar-refractivity contribution >= 4 is 0 Å². The van der Waals surface area contributed by atoms with Gasteiger partial charge in [-0.2, -0.15) is 5.26 Å². The van der Waals surface area contributed by atoms with E-state index in [0.717, 1.165) is 36.5 Å². The summed E-state index contributed by atoms with van der Waals surface area (Å²) in [5.74, 6) is 3.05. The predicted molar refractivity (Wildman–Crippen MR) is 70.7 cm³/mol. The van der Waals surface area contributed by atoms with Crippen molar-refractivity contribution in [1.29, 1.82) is 5.26 Å². The minimum Gasteiger partial charge on any atom is -0.197 e. The van der Waals surface area contributed by atoms with Crippen LogP contribution in [-0.4, -0.2) is 0 Å². The summed E-state index contributed by atoms with van der Waals surface area (Å²) in [6.45, 7) is 0. The molecule has 0 radical (unpaired) electrons. The fraction of sp³-hybridized carbons (Fsp3) is 0.471. The van der Waals surface area contributed by atoms with Crippen molar-refractivity contribution in [2.45, 2.75) is 24.7 Å². The molecule has 1 unspecified atom stereocenters. The molecular formula is C17H17N. The van der Waals surface area contributed by atoms with Crippen LogP contribution in [0.25, 0.3) is 0 Å². The maximum atomic E-state index is 9.75. The third-order valence-electron chi connectivity index (χ3n) is 5.51. The molecule has 0 heterocycles. The molecule has 1 aromatic carbocycles. The predicted octanol–water partition coefficient (Wildman–Crippen LogP) is 3.68. The highest BCUT2D eigenvalue weighted by molar-refractivity contribution is 5.36. The lowest BCUT2D eigenvalue weighted by Gasteiger charge is -2.23. The Morgan fingerprint density at radius 2 is 1.61 bits per heavy atom. The largest absolute Gasteiger partial charge is 0.197 e. The van der Waals surface area contributed by atoms with E-state index in [9.17, 15) is 5.26 Å². The highest BCUT2D eigenvalue weighted by Gasteiger charge is 2.55. The molecule has 1 aromatic rings. The van der Waals surface area contributed by atoms with Crippen LogP contribution in [0.3, 0.4) is 0 Å². The van der Waals surface area contributed by atoms with Gasteiger partial charge in [0, 0.05) is 0 Å². The highest BCUT2D eigenvalue weighted by atomic mass is 14.6. The van der Waals surface area contributed by atoms with E-state index in [0.29, 0.717) is 0 Å². The van der Waals surface area contributed by atoms with E-state index in [1.54, 1.807) is 0 Å². The summed E-state index contributed by atoms with van der Waals surface area (Å²) >= 11 is 0. The molecule has 5 atom stereocenters. The molecule has 0 saturated heterocycles. The lowest BCUT2D eigenvalue weighted by Crippen LogP contribution is -2.21. The van der Waals surface area contributed by atoms with Crippen LogP contribution in [0, 0.1) is 35.0 Å². The van der Waals surface area contributed by atoms with E-state index in [-0.39, 0.29) is 5.41 Å². The minimum absolute atomic E-state index is 0.209. The van der Waals surface area contributed by atoms with Crippen LogP contribution in [0.2, 0.25) is 0 Å². The Bertz CT molecular complexity index is 516. The molecule has 2 fully saturated rings. The summed E-state index contributed by atoms with van der Waals surface area (Å²) in [5.41, 5.74) is 1.03. The molecule has 0 aromatic heterocycles. The second-order valence-corrected chi connectivity index (χ2v) is 6.24. The smallest absolute Gasteiger partial charge is 0.0828 e. The summed E-state index contributed by atoms with van der Waals surface area (Å²) < 4.78 is 0. The topological polar surface area (TPSA) is 23.8 Å². The van der Waals surface area contributed by atoms with E-state index in [4.69, 9.17) is 0 Å². The highest BCUT2D eigenvalue weighted by Crippen LogP contribution is 2.61. The van der Waals surface area contributed by atoms with Crippen LogP contribution >= 0.6 is 0 Å². The zero-order chi connectivity index (χ0) is 12.2. The van der Waals surface area contributed by atoms with Gasteiger partial charge in [-0.25, -0.2) is 0 Å². The summed E-state index contributed by atoms with van der Waals surface area (Å²) in [5, 5.41) is 9.75. The molecule has 0 aliphatic heterocycles. The first kappa shape index (κ1) is 10.4. The lowest BCUT2D eigenvalue weighted by molar-refractivity contribution is 0.364. The summed E-state index contributed by atoms with van der Waals surface area (Å²) in [6, 6.07) is 13.1. The number of fused-ring (bicyclic) bond motifs is 5. The summed E-state index contributed by atoms with van der Waals surface area (Å²) in [7, 11) is 0. The van der Waals surface area contributed by atoms with Crippen molar-refractivity contribution in [3.05, 3.63) is 48.0 Å². The average molecular weight is 235 g/mol. The Balaban J connectivity index is 1.72. The van der Waals surface area contributed by atoms with Gasteiger partial charge in [0.05, 0.1) is 11.5 Å². The van der Waals surface area contributed by atoms with Crippen LogP contribution in [-0.2, 0) is 5.41 Å². The molecule has 90 valence electrons. The van der Waals surface area contributed by atoms with Crippen molar-refractivity contribution in [2.75, 3.05) is 0 Å². The monoisotopic (exact) mass is 235 g/mol. The minimum atomic E-state index is -0.209. The Morgan fingerprint density at radius 1 is 1.00 bits per heavy atom. The van der Waals surface area contributed by atoms with Gasteiger partial charge in [-0.05, 0) is 48.5 Å². The van der Waals surface area contributed by atoms with Crippen LogP contribution in [0.1, 0.15) is 24.8 Å². The molecule has 4 rings (SSSR count). The van der Waals surface area contributed by atoms with Gasteiger partial charge in [-0.1, -0.05) is 42.5 Å². The third kappa shape index (κ3) is 1.21. The van der Waals surface area contributed by atoms with Gasteiger partial charge in [-0.3, -0.25) is 0 Å². The molecule has 2 saturated carbocycles. The Labute approximate surface area is 108 Å². The Hall–Kier alpha value is -1.55. The van der Waals surface area contributed by atoms with Crippen LogP contribution < -0.4 is 0 Å². The number of hydrogen-bond donors (Lipinski definition) is 0. The number of allylic oxidation sites excluding steroid dienone is 2. The number of nitrogens with zero attached hydrogens (tertiary/aromatic N) is 1. The second-order valence-electron chi connectivity index (χ2n) is 6.24. The van der Waals surface area contributed by atoms with Crippen LogP contribution in [0.4, 0.5) is 0 Å². The molecular weight excluding hydrogens is 218 g/mol. The molecule has 2 bridgehead atoms. The normalized spacial score (nSPS) is 43.9. The van der Waals surface area contributed by atoms with E-state index in [1.165, 1.54) is 12.0 Å². The van der Waals surface area contributed by atoms with Crippen molar-refractivity contribution in [1.82, 2.24) is 0 Å². The first-order valence-electron chi connectivity index (χ1n) is 6.97. The Morgan fingerprint density at radius 3 is 2.17 bits per heavy atom. The van der Waals surface area contributed by atoms with Gasteiger partial charge in [0.2, 0.25) is 0 Å². The van der Waals surface area contributed by atoms with E-state index < -0.39 is 0 Å². The number of nitriles is 1. The summed E-state index contributed by atoms with van der Waals surface area (Å²) in [4.78, 5) is 0. The average Bonchev–Trinajstić information content (AvgIpc) is 3.11. The molecule has 18 heavy (non-hydrogen) atoms. The van der Waals surface area contributed by atoms with E-state index >= 15 is 0 Å². The van der Waals surface area contributed by atoms with Gasteiger partial charge < -0.3 is 0 Å². The first-order chi connectivity index (χ1) is 8.82. The van der Waals surface area contributed by atoms with Crippen molar-refractivity contribution < 1.29 is 0 Å². The molecule has 3 aliphatic rings. The number of rotatable bonds is 1. The van der Waals surface area contributed by atoms with Crippen molar-refractivity contribution in [2.24, 2.45) is 23.7 Å².